The van der Waals surface area contributed by atoms with Gasteiger partial charge in [-0.25, -0.2) is 0 Å². The van der Waals surface area contributed by atoms with E-state index >= 15 is 0 Å². The first kappa shape index (κ1) is 17.5. The van der Waals surface area contributed by atoms with Crippen molar-refractivity contribution in [3.63, 3.8) is 0 Å². The molecule has 0 atom stereocenters. The molecule has 0 saturated carbocycles. The van der Waals surface area contributed by atoms with Gasteiger partial charge in [-0.15, -0.1) is 0 Å². The highest BCUT2D eigenvalue weighted by Crippen LogP contribution is 2.17. The van der Waals surface area contributed by atoms with Crippen LogP contribution in [-0.2, 0) is 9.59 Å². The van der Waals surface area contributed by atoms with Crippen LogP contribution >= 0.6 is 0 Å². The first-order valence-corrected chi connectivity index (χ1v) is 7.96. The van der Waals surface area contributed by atoms with Gasteiger partial charge >= 0.3 is 0 Å². The van der Waals surface area contributed by atoms with Crippen LogP contribution in [0.5, 0.6) is 5.75 Å². The van der Waals surface area contributed by atoms with E-state index in [0.29, 0.717) is 23.5 Å². The van der Waals surface area contributed by atoms with E-state index in [9.17, 15) is 9.59 Å². The first-order chi connectivity index (χ1) is 11.6. The maximum atomic E-state index is 12.0. The van der Waals surface area contributed by atoms with Crippen molar-refractivity contribution in [1.82, 2.24) is 0 Å². The number of hydrogen-bond acceptors (Lipinski definition) is 3. The average Bonchev–Trinajstić information content (AvgIpc) is 2.54. The quantitative estimate of drug-likeness (QED) is 0.814. The highest BCUT2D eigenvalue weighted by molar-refractivity contribution is 5.94. The Morgan fingerprint density at radius 2 is 1.62 bits per heavy atom. The molecule has 0 aliphatic carbocycles. The summed E-state index contributed by atoms with van der Waals surface area (Å²) in [5.74, 6) is 0.396. The van der Waals surface area contributed by atoms with Gasteiger partial charge in [0.15, 0.2) is 6.61 Å². The van der Waals surface area contributed by atoms with Crippen molar-refractivity contribution >= 4 is 23.2 Å². The van der Waals surface area contributed by atoms with Gasteiger partial charge in [0.05, 0.1) is 0 Å². The summed E-state index contributed by atoms with van der Waals surface area (Å²) in [5.41, 5.74) is 2.25. The van der Waals surface area contributed by atoms with Gasteiger partial charge in [0, 0.05) is 17.8 Å². The molecule has 0 unspecified atom stereocenters. The van der Waals surface area contributed by atoms with Crippen LogP contribution in [0.15, 0.2) is 48.5 Å². The number of nitrogens with one attached hydrogen (secondary N) is 2. The Bertz CT molecular complexity index is 713. The fourth-order valence-electron chi connectivity index (χ4n) is 2.18. The number of hydrogen-bond donors (Lipinski definition) is 2. The van der Waals surface area contributed by atoms with E-state index in [1.165, 1.54) is 0 Å². The van der Waals surface area contributed by atoms with Crippen molar-refractivity contribution in [2.75, 3.05) is 17.2 Å². The summed E-state index contributed by atoms with van der Waals surface area (Å²) in [7, 11) is 0. The van der Waals surface area contributed by atoms with Crippen LogP contribution in [0, 0.1) is 6.92 Å². The summed E-state index contributed by atoms with van der Waals surface area (Å²) in [5, 5.41) is 5.56. The third kappa shape index (κ3) is 5.43. The zero-order valence-electron chi connectivity index (χ0n) is 14.0. The molecule has 0 aliphatic heterocycles. The number of amides is 2. The van der Waals surface area contributed by atoms with E-state index < -0.39 is 0 Å². The molecule has 0 saturated heterocycles. The van der Waals surface area contributed by atoms with Crippen LogP contribution in [0.3, 0.4) is 0 Å². The van der Waals surface area contributed by atoms with Crippen LogP contribution < -0.4 is 15.4 Å². The molecule has 2 aromatic rings. The molecule has 0 aromatic heterocycles. The molecule has 2 aromatic carbocycles. The fraction of sp³-hybridized carbons (Fsp3) is 0.263. The molecule has 126 valence electrons. The minimum Gasteiger partial charge on any atom is -0.483 e. The number of ether oxygens (including phenoxy) is 1. The number of benzene rings is 2. The molecule has 5 nitrogen and oxygen atoms in total. The maximum absolute atomic E-state index is 12.0. The summed E-state index contributed by atoms with van der Waals surface area (Å²) in [6.45, 7) is 3.80. The standard InChI is InChI=1S/C19H22N2O3/c1-3-7-18(22)20-15-9-6-10-16(12-15)21-19(23)13-24-17-11-5-4-8-14(17)2/h4-6,8-12H,3,7,13H2,1-2H3,(H,20,22)(H,21,23). The Morgan fingerprint density at radius 1 is 0.958 bits per heavy atom. The number of aryl methyl sites for hydroxylation is 1. The minimum absolute atomic E-state index is 0.0381. The van der Waals surface area contributed by atoms with Crippen molar-refractivity contribution in [3.8, 4) is 5.75 Å². The monoisotopic (exact) mass is 326 g/mol. The van der Waals surface area contributed by atoms with Crippen molar-refractivity contribution in [3.05, 3.63) is 54.1 Å². The lowest BCUT2D eigenvalue weighted by atomic mass is 10.2. The zero-order chi connectivity index (χ0) is 17.4. The summed E-state index contributed by atoms with van der Waals surface area (Å²) in [6, 6.07) is 14.6. The second kappa shape index (κ2) is 8.72. The number of para-hydroxylation sites is 1. The number of rotatable bonds is 7. The van der Waals surface area contributed by atoms with Crippen LogP contribution in [0.2, 0.25) is 0 Å². The molecule has 2 N–H and O–H groups in total. The van der Waals surface area contributed by atoms with Gasteiger partial charge in [-0.3, -0.25) is 9.59 Å². The van der Waals surface area contributed by atoms with Crippen molar-refractivity contribution in [1.29, 1.82) is 0 Å². The Morgan fingerprint density at radius 3 is 2.29 bits per heavy atom. The lowest BCUT2D eigenvalue weighted by Crippen LogP contribution is -2.20. The lowest BCUT2D eigenvalue weighted by molar-refractivity contribution is -0.118. The molecule has 0 spiro atoms. The van der Waals surface area contributed by atoms with E-state index in [1.54, 1.807) is 24.3 Å². The second-order valence-corrected chi connectivity index (χ2v) is 5.48. The van der Waals surface area contributed by atoms with Gasteiger partial charge in [0.2, 0.25) is 5.91 Å². The van der Waals surface area contributed by atoms with E-state index in [-0.39, 0.29) is 18.4 Å². The number of carbonyl (C=O) groups excluding carboxylic acids is 2. The molecule has 0 radical (unpaired) electrons. The van der Waals surface area contributed by atoms with Crippen LogP contribution in [-0.4, -0.2) is 18.4 Å². The molecule has 0 bridgehead atoms. The molecule has 2 rings (SSSR count). The topological polar surface area (TPSA) is 67.4 Å². The highest BCUT2D eigenvalue weighted by atomic mass is 16.5. The molecule has 0 fully saturated rings. The van der Waals surface area contributed by atoms with E-state index in [2.05, 4.69) is 10.6 Å². The molecule has 2 amide bonds. The molecular weight excluding hydrogens is 304 g/mol. The first-order valence-electron chi connectivity index (χ1n) is 7.96. The van der Waals surface area contributed by atoms with Crippen LogP contribution in [0.4, 0.5) is 11.4 Å². The van der Waals surface area contributed by atoms with Gasteiger partial charge in [0.1, 0.15) is 5.75 Å². The Hall–Kier alpha value is -2.82. The van der Waals surface area contributed by atoms with Gasteiger partial charge in [0.25, 0.3) is 5.91 Å². The summed E-state index contributed by atoms with van der Waals surface area (Å²) >= 11 is 0. The zero-order valence-corrected chi connectivity index (χ0v) is 14.0. The summed E-state index contributed by atoms with van der Waals surface area (Å²) < 4.78 is 5.52. The Kier molecular flexibility index (Phi) is 6.37. The van der Waals surface area contributed by atoms with E-state index in [4.69, 9.17) is 4.74 Å². The lowest BCUT2D eigenvalue weighted by Gasteiger charge is -2.10. The normalized spacial score (nSPS) is 10.1. The van der Waals surface area contributed by atoms with E-state index in [1.807, 2.05) is 38.1 Å². The molecule has 0 heterocycles. The Labute approximate surface area is 142 Å². The molecule has 24 heavy (non-hydrogen) atoms. The third-order valence-corrected chi connectivity index (χ3v) is 3.36. The van der Waals surface area contributed by atoms with Gasteiger partial charge in [-0.05, 0) is 43.2 Å². The predicted octanol–water partition coefficient (Wildman–Crippen LogP) is 3.75. The maximum Gasteiger partial charge on any atom is 0.262 e. The summed E-state index contributed by atoms with van der Waals surface area (Å²) in [4.78, 5) is 23.6. The van der Waals surface area contributed by atoms with Gasteiger partial charge in [-0.2, -0.15) is 0 Å². The molecular formula is C19H22N2O3. The third-order valence-electron chi connectivity index (χ3n) is 3.36. The van der Waals surface area contributed by atoms with Crippen LogP contribution in [0.25, 0.3) is 0 Å². The number of anilines is 2. The second-order valence-electron chi connectivity index (χ2n) is 5.48. The average molecular weight is 326 g/mol. The van der Waals surface area contributed by atoms with E-state index in [0.717, 1.165) is 12.0 Å². The SMILES string of the molecule is CCCC(=O)Nc1cccc(NC(=O)COc2ccccc2C)c1. The smallest absolute Gasteiger partial charge is 0.262 e. The highest BCUT2D eigenvalue weighted by Gasteiger charge is 2.07. The van der Waals surface area contributed by atoms with Crippen molar-refractivity contribution in [2.45, 2.75) is 26.7 Å². The number of carbonyl (C=O) groups is 2. The largest absolute Gasteiger partial charge is 0.483 e. The minimum atomic E-state index is -0.254. The predicted molar refractivity (Wildman–Crippen MR) is 95.3 cm³/mol. The van der Waals surface area contributed by atoms with Crippen LogP contribution in [0.1, 0.15) is 25.3 Å². The molecule has 0 aliphatic rings. The van der Waals surface area contributed by atoms with Crippen molar-refractivity contribution in [2.24, 2.45) is 0 Å². The molecule has 5 heteroatoms. The van der Waals surface area contributed by atoms with Crippen molar-refractivity contribution < 1.29 is 14.3 Å². The van der Waals surface area contributed by atoms with Gasteiger partial charge in [-0.1, -0.05) is 31.2 Å². The summed E-state index contributed by atoms with van der Waals surface area (Å²) in [6.07, 6.45) is 1.26. The fourth-order valence-corrected chi connectivity index (χ4v) is 2.18. The van der Waals surface area contributed by atoms with Gasteiger partial charge < -0.3 is 15.4 Å². The Balaban J connectivity index is 1.89.